The molecule has 3 amide bonds. The molecular weight excluding hydrogens is 789 g/mol. The number of benzene rings is 4. The van der Waals surface area contributed by atoms with E-state index in [0.717, 1.165) is 45.6 Å². The van der Waals surface area contributed by atoms with Crippen LogP contribution in [0.4, 0.5) is 0 Å². The summed E-state index contributed by atoms with van der Waals surface area (Å²) in [6.07, 6.45) is 4.82. The summed E-state index contributed by atoms with van der Waals surface area (Å²) in [6.45, 7) is 5.44. The van der Waals surface area contributed by atoms with E-state index in [-0.39, 0.29) is 33.5 Å². The number of hydrogen-bond donors (Lipinski definition) is 2. The number of carbonyl (C=O) groups excluding carboxylic acids is 3. The summed E-state index contributed by atoms with van der Waals surface area (Å²) in [4.78, 5) is 48.4. The summed E-state index contributed by atoms with van der Waals surface area (Å²) in [6, 6.07) is 22.9. The molecule has 0 spiro atoms. The Kier molecular flexibility index (Phi) is 11.4. The van der Waals surface area contributed by atoms with E-state index in [4.69, 9.17) is 4.98 Å². The van der Waals surface area contributed by atoms with Crippen molar-refractivity contribution in [3.63, 3.8) is 0 Å². The molecule has 270 valence electrons. The smallest absolute Gasteiger partial charge is 0.272 e. The fraction of sp³-hybridized carbons (Fsp3) is 0.300. The Morgan fingerprint density at radius 2 is 1.65 bits per heavy atom. The number of sulfonamides is 1. The Bertz CT molecular complexity index is 2280. The fourth-order valence-electron chi connectivity index (χ4n) is 6.56. The number of rotatable bonds is 12. The average Bonchev–Trinajstić information content (AvgIpc) is 3.48. The summed E-state index contributed by atoms with van der Waals surface area (Å²) in [5.41, 5.74) is 3.48. The molecule has 0 unspecified atom stereocenters. The molecule has 2 heterocycles. The van der Waals surface area contributed by atoms with Gasteiger partial charge in [0, 0.05) is 53.4 Å². The maximum absolute atomic E-state index is 14.6. The van der Waals surface area contributed by atoms with E-state index in [1.165, 1.54) is 23.8 Å². The molecule has 0 saturated heterocycles. The number of carbonyl (C=O) groups is 3. The Balaban J connectivity index is 1.42. The van der Waals surface area contributed by atoms with Crippen LogP contribution in [0.25, 0.3) is 22.0 Å². The van der Waals surface area contributed by atoms with Crippen molar-refractivity contribution >= 4 is 61.1 Å². The van der Waals surface area contributed by atoms with Gasteiger partial charge in [-0.2, -0.15) is 0 Å². The van der Waals surface area contributed by atoms with Crippen LogP contribution in [0.5, 0.6) is 0 Å². The molecule has 52 heavy (non-hydrogen) atoms. The van der Waals surface area contributed by atoms with E-state index >= 15 is 0 Å². The second kappa shape index (κ2) is 16.0. The lowest BCUT2D eigenvalue weighted by molar-refractivity contribution is 0.0735. The van der Waals surface area contributed by atoms with E-state index in [2.05, 4.69) is 45.6 Å². The summed E-state index contributed by atoms with van der Waals surface area (Å²) < 4.78 is 32.0. The normalized spacial score (nSPS) is 12.8. The number of aryl methyl sites for hydroxylation is 1. The first kappa shape index (κ1) is 37.2. The predicted octanol–water partition coefficient (Wildman–Crippen LogP) is 7.03. The highest BCUT2D eigenvalue weighted by Crippen LogP contribution is 2.32. The average molecular weight is 832 g/mol. The van der Waals surface area contributed by atoms with Gasteiger partial charge in [-0.3, -0.25) is 14.4 Å². The minimum atomic E-state index is -4.27. The largest absolute Gasteiger partial charge is 0.351 e. The lowest BCUT2D eigenvalue weighted by Gasteiger charge is -2.29. The SMILES string of the molecule is CCCCNC(=O)c1nc(CCCC)n(C)c1-c1ccc(C(=O)NS(=O)(=O)c2ccc3cccc(I)c3c2)cc1C(=O)N1CCc2ccccc2C1. The zero-order chi connectivity index (χ0) is 37.0. The van der Waals surface area contributed by atoms with Crippen LogP contribution in [0.3, 0.4) is 0 Å². The molecule has 10 nitrogen and oxygen atoms in total. The molecule has 1 aliphatic rings. The lowest BCUT2D eigenvalue weighted by Crippen LogP contribution is -2.36. The zero-order valence-electron chi connectivity index (χ0n) is 29.5. The van der Waals surface area contributed by atoms with Crippen LogP contribution in [0, 0.1) is 3.57 Å². The third kappa shape index (κ3) is 7.77. The van der Waals surface area contributed by atoms with Gasteiger partial charge in [0.2, 0.25) is 0 Å². The molecule has 2 N–H and O–H groups in total. The monoisotopic (exact) mass is 831 g/mol. The van der Waals surface area contributed by atoms with Crippen molar-refractivity contribution in [3.8, 4) is 11.3 Å². The van der Waals surface area contributed by atoms with Crippen molar-refractivity contribution < 1.29 is 22.8 Å². The number of halogens is 1. The van der Waals surface area contributed by atoms with Crippen LogP contribution in [-0.4, -0.2) is 53.7 Å². The van der Waals surface area contributed by atoms with E-state index in [1.54, 1.807) is 23.1 Å². The first-order valence-corrected chi connectivity index (χ1v) is 20.2. The van der Waals surface area contributed by atoms with Crippen LogP contribution < -0.4 is 10.0 Å². The number of nitrogens with zero attached hydrogens (tertiary/aromatic N) is 3. The molecule has 0 atom stereocenters. The predicted molar refractivity (Wildman–Crippen MR) is 211 cm³/mol. The quantitative estimate of drug-likeness (QED) is 0.103. The van der Waals surface area contributed by atoms with Gasteiger partial charge in [-0.15, -0.1) is 0 Å². The van der Waals surface area contributed by atoms with Gasteiger partial charge >= 0.3 is 0 Å². The van der Waals surface area contributed by atoms with Crippen LogP contribution in [0.2, 0.25) is 0 Å². The third-order valence-corrected chi connectivity index (χ3v) is 11.8. The second-order valence-corrected chi connectivity index (χ2v) is 15.9. The zero-order valence-corrected chi connectivity index (χ0v) is 32.5. The molecule has 5 aromatic rings. The van der Waals surface area contributed by atoms with Crippen LogP contribution >= 0.6 is 22.6 Å². The van der Waals surface area contributed by atoms with Gasteiger partial charge in [0.1, 0.15) is 5.82 Å². The van der Waals surface area contributed by atoms with Crippen molar-refractivity contribution in [1.82, 2.24) is 24.5 Å². The Morgan fingerprint density at radius 3 is 2.42 bits per heavy atom. The van der Waals surface area contributed by atoms with Crippen LogP contribution in [0.15, 0.2) is 83.8 Å². The minimum Gasteiger partial charge on any atom is -0.351 e. The highest BCUT2D eigenvalue weighted by Gasteiger charge is 2.30. The maximum Gasteiger partial charge on any atom is 0.272 e. The summed E-state index contributed by atoms with van der Waals surface area (Å²) >= 11 is 2.15. The minimum absolute atomic E-state index is 0.00854. The maximum atomic E-state index is 14.6. The number of amides is 3. The van der Waals surface area contributed by atoms with Gasteiger partial charge in [0.05, 0.1) is 10.6 Å². The molecule has 0 fully saturated rings. The van der Waals surface area contributed by atoms with Gasteiger partial charge < -0.3 is 14.8 Å². The van der Waals surface area contributed by atoms with Crippen LogP contribution in [-0.2, 0) is 36.5 Å². The number of fused-ring (bicyclic) bond motifs is 2. The fourth-order valence-corrected chi connectivity index (χ4v) is 8.24. The van der Waals surface area contributed by atoms with E-state index in [1.807, 2.05) is 54.9 Å². The molecule has 0 radical (unpaired) electrons. The Hall–Kier alpha value is -4.56. The molecule has 1 aliphatic heterocycles. The summed E-state index contributed by atoms with van der Waals surface area (Å²) in [7, 11) is -2.44. The van der Waals surface area contributed by atoms with Crippen molar-refractivity contribution in [1.29, 1.82) is 0 Å². The van der Waals surface area contributed by atoms with Gasteiger partial charge in [-0.25, -0.2) is 18.1 Å². The summed E-state index contributed by atoms with van der Waals surface area (Å²) in [5.74, 6) is -0.843. The number of hydrogen-bond acceptors (Lipinski definition) is 6. The molecule has 0 saturated carbocycles. The van der Waals surface area contributed by atoms with Crippen molar-refractivity contribution in [2.24, 2.45) is 7.05 Å². The molecule has 1 aromatic heterocycles. The van der Waals surface area contributed by atoms with Crippen molar-refractivity contribution in [2.45, 2.75) is 63.8 Å². The van der Waals surface area contributed by atoms with Gasteiger partial charge in [0.25, 0.3) is 27.7 Å². The van der Waals surface area contributed by atoms with Crippen molar-refractivity contribution in [3.05, 3.63) is 116 Å². The third-order valence-electron chi connectivity index (χ3n) is 9.50. The van der Waals surface area contributed by atoms with E-state index in [0.29, 0.717) is 49.6 Å². The van der Waals surface area contributed by atoms with Gasteiger partial charge in [0.15, 0.2) is 5.69 Å². The second-order valence-electron chi connectivity index (χ2n) is 13.1. The lowest BCUT2D eigenvalue weighted by atomic mass is 9.95. The molecule has 0 aliphatic carbocycles. The number of unbranched alkanes of at least 4 members (excludes halogenated alkanes) is 2. The highest BCUT2D eigenvalue weighted by molar-refractivity contribution is 14.1. The molecule has 6 rings (SSSR count). The van der Waals surface area contributed by atoms with E-state index in [9.17, 15) is 22.8 Å². The first-order valence-electron chi connectivity index (χ1n) is 17.6. The van der Waals surface area contributed by atoms with Crippen LogP contribution in [0.1, 0.15) is 87.7 Å². The van der Waals surface area contributed by atoms with Gasteiger partial charge in [-0.05, 0) is 94.1 Å². The highest BCUT2D eigenvalue weighted by atomic mass is 127. The van der Waals surface area contributed by atoms with Gasteiger partial charge in [-0.1, -0.05) is 75.2 Å². The number of imidazole rings is 1. The molecule has 0 bridgehead atoms. The Morgan fingerprint density at radius 1 is 0.885 bits per heavy atom. The van der Waals surface area contributed by atoms with E-state index < -0.39 is 15.9 Å². The van der Waals surface area contributed by atoms with Crippen molar-refractivity contribution in [2.75, 3.05) is 13.1 Å². The summed E-state index contributed by atoms with van der Waals surface area (Å²) in [5, 5.41) is 4.60. The Labute approximate surface area is 318 Å². The number of nitrogens with one attached hydrogen (secondary N) is 2. The standard InChI is InChI=1S/C40H42IN5O5S/c1-4-6-15-35-43-36(39(48)42-21-7-5-2)37(45(35)3)31-19-17-28(23-33(31)40(49)46-22-20-26-11-8-9-12-29(26)25-46)38(47)44-52(50,51)30-18-16-27-13-10-14-34(41)32(27)24-30/h8-14,16-19,23-24H,4-7,15,20-22,25H2,1-3H3,(H,42,48)(H,44,47). The molecule has 4 aromatic carbocycles. The first-order chi connectivity index (χ1) is 25.0. The number of aromatic nitrogens is 2. The topological polar surface area (TPSA) is 130 Å². The molecule has 12 heteroatoms. The molecular formula is C40H42IN5O5S.